The number of ether oxygens (including phenoxy) is 1. The van der Waals surface area contributed by atoms with Crippen LogP contribution in [0, 0.1) is 0 Å². The van der Waals surface area contributed by atoms with Crippen LogP contribution in [-0.2, 0) is 4.74 Å². The minimum absolute atomic E-state index is 0.273. The Balaban J connectivity index is 2.07. The number of rotatable bonds is 3. The molecule has 0 spiro atoms. The van der Waals surface area contributed by atoms with Crippen LogP contribution in [0.25, 0.3) is 0 Å². The molecule has 1 aromatic heterocycles. The molecule has 88 valence electrons. The molecule has 5 nitrogen and oxygen atoms in total. The maximum atomic E-state index is 10.9. The van der Waals surface area contributed by atoms with Gasteiger partial charge in [0.15, 0.2) is 5.01 Å². The lowest BCUT2D eigenvalue weighted by Gasteiger charge is -2.31. The summed E-state index contributed by atoms with van der Waals surface area (Å²) in [6, 6.07) is 0.273. The average molecular weight is 241 g/mol. The second kappa shape index (κ2) is 4.90. The van der Waals surface area contributed by atoms with E-state index in [4.69, 9.17) is 10.5 Å². The molecule has 1 saturated heterocycles. The summed E-state index contributed by atoms with van der Waals surface area (Å²) in [6.07, 6.45) is 1.74. The predicted molar refractivity (Wildman–Crippen MR) is 61.4 cm³/mol. The van der Waals surface area contributed by atoms with Crippen molar-refractivity contribution in [1.82, 2.24) is 9.88 Å². The summed E-state index contributed by atoms with van der Waals surface area (Å²) in [5.74, 6) is -0.453. The Morgan fingerprint density at radius 2 is 2.31 bits per heavy atom. The quantitative estimate of drug-likeness (QED) is 0.843. The van der Waals surface area contributed by atoms with Crippen molar-refractivity contribution in [3.8, 4) is 0 Å². The highest BCUT2D eigenvalue weighted by molar-refractivity contribution is 7.13. The minimum atomic E-state index is -0.453. The van der Waals surface area contributed by atoms with Crippen LogP contribution < -0.4 is 5.73 Å². The number of thiazole rings is 1. The molecule has 1 amide bonds. The number of hydrogen-bond acceptors (Lipinski definition) is 5. The molecule has 1 aliphatic rings. The van der Waals surface area contributed by atoms with E-state index in [1.807, 2.05) is 0 Å². The topological polar surface area (TPSA) is 68.5 Å². The van der Waals surface area contributed by atoms with E-state index < -0.39 is 5.91 Å². The van der Waals surface area contributed by atoms with E-state index in [0.717, 1.165) is 31.2 Å². The zero-order chi connectivity index (χ0) is 11.5. The first-order valence-electron chi connectivity index (χ1n) is 5.26. The molecule has 0 radical (unpaired) electrons. The predicted octanol–water partition coefficient (Wildman–Crippen LogP) is 0.635. The zero-order valence-corrected chi connectivity index (χ0v) is 10.00. The number of aromatic nitrogens is 1. The third-order valence-electron chi connectivity index (χ3n) is 2.74. The number of amides is 1. The lowest BCUT2D eigenvalue weighted by atomic mass is 10.2. The highest BCUT2D eigenvalue weighted by atomic mass is 32.1. The van der Waals surface area contributed by atoms with Crippen molar-refractivity contribution >= 4 is 17.2 Å². The normalized spacial score (nSPS) is 19.6. The van der Waals surface area contributed by atoms with Crippen LogP contribution in [0.5, 0.6) is 0 Å². The van der Waals surface area contributed by atoms with Gasteiger partial charge in [0.2, 0.25) is 0 Å². The molecular formula is C10H15N3O2S. The number of morpholine rings is 1. The Bertz CT molecular complexity index is 374. The van der Waals surface area contributed by atoms with E-state index in [-0.39, 0.29) is 6.04 Å². The summed E-state index contributed by atoms with van der Waals surface area (Å²) < 4.78 is 5.30. The van der Waals surface area contributed by atoms with E-state index in [1.54, 1.807) is 6.20 Å². The average Bonchev–Trinajstić information content (AvgIpc) is 2.78. The van der Waals surface area contributed by atoms with Crippen molar-refractivity contribution < 1.29 is 9.53 Å². The standard InChI is InChI=1S/C10H15N3O2S/c1-7(13-2-4-15-5-3-13)8-6-12-10(16-8)9(11)14/h6-7H,2-5H2,1H3,(H2,11,14). The van der Waals surface area contributed by atoms with Gasteiger partial charge in [-0.3, -0.25) is 9.69 Å². The van der Waals surface area contributed by atoms with E-state index >= 15 is 0 Å². The second-order valence-corrected chi connectivity index (χ2v) is 4.82. The maximum Gasteiger partial charge on any atom is 0.277 e. The van der Waals surface area contributed by atoms with E-state index in [0.29, 0.717) is 5.01 Å². The summed E-state index contributed by atoms with van der Waals surface area (Å²) in [4.78, 5) is 18.4. The van der Waals surface area contributed by atoms with Gasteiger partial charge in [0.05, 0.1) is 13.2 Å². The minimum Gasteiger partial charge on any atom is -0.379 e. The molecule has 2 N–H and O–H groups in total. The Labute approximate surface area is 98.2 Å². The van der Waals surface area contributed by atoms with Gasteiger partial charge in [-0.05, 0) is 6.92 Å². The molecule has 2 rings (SSSR count). The van der Waals surface area contributed by atoms with Gasteiger partial charge in [-0.15, -0.1) is 11.3 Å². The van der Waals surface area contributed by atoms with Gasteiger partial charge >= 0.3 is 0 Å². The van der Waals surface area contributed by atoms with Crippen molar-refractivity contribution in [2.24, 2.45) is 5.73 Å². The monoisotopic (exact) mass is 241 g/mol. The fourth-order valence-corrected chi connectivity index (χ4v) is 2.59. The molecule has 1 aliphatic heterocycles. The fourth-order valence-electron chi connectivity index (χ4n) is 1.74. The summed E-state index contributed by atoms with van der Waals surface area (Å²) in [5.41, 5.74) is 5.18. The van der Waals surface area contributed by atoms with Crippen LogP contribution in [0.2, 0.25) is 0 Å². The van der Waals surface area contributed by atoms with Gasteiger partial charge in [-0.25, -0.2) is 4.98 Å². The number of carbonyl (C=O) groups is 1. The van der Waals surface area contributed by atoms with Gasteiger partial charge in [0.1, 0.15) is 0 Å². The first-order chi connectivity index (χ1) is 7.68. The van der Waals surface area contributed by atoms with Crippen LogP contribution >= 0.6 is 11.3 Å². The van der Waals surface area contributed by atoms with Crippen molar-refractivity contribution in [3.05, 3.63) is 16.1 Å². The molecule has 0 aromatic carbocycles. The van der Waals surface area contributed by atoms with Crippen LogP contribution in [-0.4, -0.2) is 42.1 Å². The van der Waals surface area contributed by atoms with Gasteiger partial charge in [0.25, 0.3) is 5.91 Å². The van der Waals surface area contributed by atoms with Crippen LogP contribution in [0.4, 0.5) is 0 Å². The third kappa shape index (κ3) is 2.40. The maximum absolute atomic E-state index is 10.9. The van der Waals surface area contributed by atoms with Crippen molar-refractivity contribution in [3.63, 3.8) is 0 Å². The van der Waals surface area contributed by atoms with Crippen LogP contribution in [0.1, 0.15) is 27.6 Å². The first-order valence-corrected chi connectivity index (χ1v) is 6.07. The van der Waals surface area contributed by atoms with Crippen molar-refractivity contribution in [2.45, 2.75) is 13.0 Å². The molecule has 1 aromatic rings. The number of primary amides is 1. The summed E-state index contributed by atoms with van der Waals surface area (Å²) in [7, 11) is 0. The molecule has 2 heterocycles. The molecule has 0 saturated carbocycles. The molecule has 0 bridgehead atoms. The Kier molecular flexibility index (Phi) is 3.52. The highest BCUT2D eigenvalue weighted by Crippen LogP contribution is 2.26. The number of nitrogens with zero attached hydrogens (tertiary/aromatic N) is 2. The fraction of sp³-hybridized carbons (Fsp3) is 0.600. The smallest absolute Gasteiger partial charge is 0.277 e. The molecular weight excluding hydrogens is 226 g/mol. The number of nitrogens with two attached hydrogens (primary N) is 1. The third-order valence-corrected chi connectivity index (χ3v) is 3.92. The number of hydrogen-bond donors (Lipinski definition) is 1. The second-order valence-electron chi connectivity index (χ2n) is 3.76. The van der Waals surface area contributed by atoms with E-state index in [1.165, 1.54) is 11.3 Å². The first kappa shape index (κ1) is 11.5. The zero-order valence-electron chi connectivity index (χ0n) is 9.18. The summed E-state index contributed by atoms with van der Waals surface area (Å²) in [5, 5.41) is 0.384. The largest absolute Gasteiger partial charge is 0.379 e. The molecule has 6 heteroatoms. The molecule has 16 heavy (non-hydrogen) atoms. The van der Waals surface area contributed by atoms with E-state index in [2.05, 4.69) is 16.8 Å². The van der Waals surface area contributed by atoms with Gasteiger partial charge < -0.3 is 10.5 Å². The summed E-state index contributed by atoms with van der Waals surface area (Å²) in [6.45, 7) is 5.50. The Hall–Kier alpha value is -0.980. The Morgan fingerprint density at radius 1 is 1.62 bits per heavy atom. The Morgan fingerprint density at radius 3 is 2.88 bits per heavy atom. The molecule has 1 fully saturated rings. The number of carbonyl (C=O) groups excluding carboxylic acids is 1. The lowest BCUT2D eigenvalue weighted by molar-refractivity contribution is 0.0205. The van der Waals surface area contributed by atoms with Gasteiger partial charge in [0, 0.05) is 30.2 Å². The van der Waals surface area contributed by atoms with Crippen LogP contribution in [0.3, 0.4) is 0 Å². The van der Waals surface area contributed by atoms with Crippen LogP contribution in [0.15, 0.2) is 6.20 Å². The van der Waals surface area contributed by atoms with Crippen molar-refractivity contribution in [2.75, 3.05) is 26.3 Å². The van der Waals surface area contributed by atoms with Crippen molar-refractivity contribution in [1.29, 1.82) is 0 Å². The molecule has 0 aliphatic carbocycles. The lowest BCUT2D eigenvalue weighted by Crippen LogP contribution is -2.37. The molecule has 1 atom stereocenters. The highest BCUT2D eigenvalue weighted by Gasteiger charge is 2.21. The molecule has 1 unspecified atom stereocenters. The van der Waals surface area contributed by atoms with Gasteiger partial charge in [-0.1, -0.05) is 0 Å². The SMILES string of the molecule is CC(c1cnc(C(N)=O)s1)N1CCOCC1. The summed E-state index contributed by atoms with van der Waals surface area (Å²) >= 11 is 1.37. The van der Waals surface area contributed by atoms with E-state index in [9.17, 15) is 4.79 Å². The van der Waals surface area contributed by atoms with Gasteiger partial charge in [-0.2, -0.15) is 0 Å².